The highest BCUT2D eigenvalue weighted by Gasteiger charge is 2.06. The molecule has 3 nitrogen and oxygen atoms in total. The van der Waals surface area contributed by atoms with Gasteiger partial charge in [-0.1, -0.05) is 12.1 Å². The van der Waals surface area contributed by atoms with Gasteiger partial charge in [0.25, 0.3) is 0 Å². The number of rotatable bonds is 3. The van der Waals surface area contributed by atoms with Crippen LogP contribution in [-0.4, -0.2) is 15.8 Å². The summed E-state index contributed by atoms with van der Waals surface area (Å²) in [5.41, 5.74) is 1.17. The molecule has 1 heterocycles. The summed E-state index contributed by atoms with van der Waals surface area (Å²) >= 11 is 3.18. The Morgan fingerprint density at radius 2 is 2.31 bits per heavy atom. The molecule has 0 saturated carbocycles. The van der Waals surface area contributed by atoms with Gasteiger partial charge in [-0.25, -0.2) is 9.37 Å². The SMILES string of the molecule is O=Cc1cn(Cc2cccc(F)c2Br)cn1. The van der Waals surface area contributed by atoms with Crippen molar-refractivity contribution in [3.05, 3.63) is 52.3 Å². The van der Waals surface area contributed by atoms with Crippen LogP contribution in [0.5, 0.6) is 0 Å². The highest BCUT2D eigenvalue weighted by atomic mass is 79.9. The van der Waals surface area contributed by atoms with Crippen molar-refractivity contribution >= 4 is 22.2 Å². The van der Waals surface area contributed by atoms with Crippen LogP contribution in [0.1, 0.15) is 16.1 Å². The average molecular weight is 283 g/mol. The van der Waals surface area contributed by atoms with Crippen molar-refractivity contribution in [3.63, 3.8) is 0 Å². The first-order valence-corrected chi connectivity index (χ1v) is 5.40. The second-order valence-corrected chi connectivity index (χ2v) is 4.09. The van der Waals surface area contributed by atoms with E-state index in [-0.39, 0.29) is 5.82 Å². The normalized spacial score (nSPS) is 10.4. The number of hydrogen-bond acceptors (Lipinski definition) is 2. The number of aldehydes is 1. The van der Waals surface area contributed by atoms with Gasteiger partial charge in [-0.3, -0.25) is 4.79 Å². The van der Waals surface area contributed by atoms with E-state index in [0.717, 1.165) is 5.56 Å². The van der Waals surface area contributed by atoms with Gasteiger partial charge in [0.1, 0.15) is 11.5 Å². The number of carbonyl (C=O) groups excluding carboxylic acids is 1. The summed E-state index contributed by atoms with van der Waals surface area (Å²) in [6, 6.07) is 4.85. The molecule has 0 aliphatic heterocycles. The lowest BCUT2D eigenvalue weighted by atomic mass is 10.2. The summed E-state index contributed by atoms with van der Waals surface area (Å²) in [6.07, 6.45) is 3.84. The molecular weight excluding hydrogens is 275 g/mol. The molecule has 82 valence electrons. The highest BCUT2D eigenvalue weighted by molar-refractivity contribution is 9.10. The average Bonchev–Trinajstić information content (AvgIpc) is 2.73. The predicted molar refractivity (Wildman–Crippen MR) is 60.8 cm³/mol. The monoisotopic (exact) mass is 282 g/mol. The molecule has 0 N–H and O–H groups in total. The maximum Gasteiger partial charge on any atom is 0.169 e. The maximum atomic E-state index is 13.2. The Balaban J connectivity index is 2.26. The van der Waals surface area contributed by atoms with Gasteiger partial charge < -0.3 is 4.57 Å². The largest absolute Gasteiger partial charge is 0.332 e. The quantitative estimate of drug-likeness (QED) is 0.812. The molecule has 16 heavy (non-hydrogen) atoms. The topological polar surface area (TPSA) is 34.9 Å². The molecular formula is C11H8BrFN2O. The van der Waals surface area contributed by atoms with E-state index in [1.807, 2.05) is 6.07 Å². The van der Waals surface area contributed by atoms with Crippen LogP contribution < -0.4 is 0 Å². The van der Waals surface area contributed by atoms with E-state index in [1.165, 1.54) is 6.07 Å². The molecule has 1 aromatic carbocycles. The molecule has 0 radical (unpaired) electrons. The van der Waals surface area contributed by atoms with Crippen molar-refractivity contribution in [2.45, 2.75) is 6.54 Å². The van der Waals surface area contributed by atoms with Crippen LogP contribution in [0.25, 0.3) is 0 Å². The number of hydrogen-bond donors (Lipinski definition) is 0. The number of imidazole rings is 1. The summed E-state index contributed by atoms with van der Waals surface area (Å²) in [7, 11) is 0. The highest BCUT2D eigenvalue weighted by Crippen LogP contribution is 2.21. The van der Waals surface area contributed by atoms with Gasteiger partial charge in [-0.2, -0.15) is 0 Å². The van der Waals surface area contributed by atoms with Crippen molar-refractivity contribution < 1.29 is 9.18 Å². The zero-order valence-electron chi connectivity index (χ0n) is 8.23. The van der Waals surface area contributed by atoms with Crippen molar-refractivity contribution in [3.8, 4) is 0 Å². The van der Waals surface area contributed by atoms with Gasteiger partial charge in [0.2, 0.25) is 0 Å². The molecule has 0 fully saturated rings. The summed E-state index contributed by atoms with van der Waals surface area (Å²) in [6.45, 7) is 0.471. The Hall–Kier alpha value is -1.49. The Kier molecular flexibility index (Phi) is 3.14. The Labute approximate surface area is 100 Å². The Morgan fingerprint density at radius 1 is 1.50 bits per heavy atom. The van der Waals surface area contributed by atoms with Gasteiger partial charge >= 0.3 is 0 Å². The zero-order valence-corrected chi connectivity index (χ0v) is 9.82. The third-order valence-corrected chi connectivity index (χ3v) is 3.05. The molecule has 0 aliphatic rings. The van der Waals surface area contributed by atoms with E-state index in [4.69, 9.17) is 0 Å². The minimum atomic E-state index is -0.298. The van der Waals surface area contributed by atoms with Gasteiger partial charge in [0.15, 0.2) is 6.29 Å². The number of aromatic nitrogens is 2. The first kappa shape index (κ1) is 11.0. The maximum absolute atomic E-state index is 13.2. The molecule has 0 saturated heterocycles. The third-order valence-electron chi connectivity index (χ3n) is 2.16. The Morgan fingerprint density at radius 3 is 3.00 bits per heavy atom. The molecule has 1 aromatic heterocycles. The smallest absolute Gasteiger partial charge is 0.169 e. The number of halogens is 2. The number of carbonyl (C=O) groups is 1. The lowest BCUT2D eigenvalue weighted by molar-refractivity contribution is 0.111. The molecule has 0 aliphatic carbocycles. The molecule has 2 aromatic rings. The van der Waals surface area contributed by atoms with Gasteiger partial charge in [-0.15, -0.1) is 0 Å². The van der Waals surface area contributed by atoms with Crippen LogP contribution in [0.4, 0.5) is 4.39 Å². The van der Waals surface area contributed by atoms with Gasteiger partial charge in [-0.05, 0) is 27.6 Å². The van der Waals surface area contributed by atoms with Crippen LogP contribution in [0.2, 0.25) is 0 Å². The molecule has 0 atom stereocenters. The van der Waals surface area contributed by atoms with Crippen molar-refractivity contribution in [2.24, 2.45) is 0 Å². The summed E-state index contributed by atoms with van der Waals surface area (Å²) < 4.78 is 15.4. The van der Waals surface area contributed by atoms with Crippen molar-refractivity contribution in [2.75, 3.05) is 0 Å². The lowest BCUT2D eigenvalue weighted by Crippen LogP contribution is -1.98. The third kappa shape index (κ3) is 2.19. The fraction of sp³-hybridized carbons (Fsp3) is 0.0909. The number of nitrogens with zero attached hydrogens (tertiary/aromatic N) is 2. The minimum Gasteiger partial charge on any atom is -0.332 e. The molecule has 0 bridgehead atoms. The van der Waals surface area contributed by atoms with E-state index < -0.39 is 0 Å². The molecule has 5 heteroatoms. The Bertz CT molecular complexity index is 524. The van der Waals surface area contributed by atoms with E-state index in [0.29, 0.717) is 23.0 Å². The first-order chi connectivity index (χ1) is 7.70. The van der Waals surface area contributed by atoms with Crippen LogP contribution in [0.15, 0.2) is 35.2 Å². The van der Waals surface area contributed by atoms with E-state index >= 15 is 0 Å². The number of benzene rings is 1. The lowest BCUT2D eigenvalue weighted by Gasteiger charge is -2.05. The van der Waals surface area contributed by atoms with Crippen LogP contribution >= 0.6 is 15.9 Å². The summed E-state index contributed by atoms with van der Waals surface area (Å²) in [5.74, 6) is -0.298. The fourth-order valence-corrected chi connectivity index (χ4v) is 1.78. The van der Waals surface area contributed by atoms with E-state index in [9.17, 15) is 9.18 Å². The minimum absolute atomic E-state index is 0.298. The van der Waals surface area contributed by atoms with Gasteiger partial charge in [0.05, 0.1) is 10.8 Å². The van der Waals surface area contributed by atoms with E-state index in [2.05, 4.69) is 20.9 Å². The standard InChI is InChI=1S/C11H8BrFN2O/c12-11-8(2-1-3-10(11)13)4-15-5-9(6-16)14-7-15/h1-3,5-7H,4H2. The van der Waals surface area contributed by atoms with Crippen LogP contribution in [0.3, 0.4) is 0 Å². The second-order valence-electron chi connectivity index (χ2n) is 3.30. The van der Waals surface area contributed by atoms with Crippen LogP contribution in [0, 0.1) is 5.82 Å². The summed E-state index contributed by atoms with van der Waals surface area (Å²) in [4.78, 5) is 14.3. The molecule has 0 spiro atoms. The molecule has 0 amide bonds. The van der Waals surface area contributed by atoms with Crippen LogP contribution in [-0.2, 0) is 6.54 Å². The van der Waals surface area contributed by atoms with Crippen molar-refractivity contribution in [1.82, 2.24) is 9.55 Å². The van der Waals surface area contributed by atoms with Gasteiger partial charge in [0, 0.05) is 12.7 Å². The summed E-state index contributed by atoms with van der Waals surface area (Å²) in [5, 5.41) is 0. The predicted octanol–water partition coefficient (Wildman–Crippen LogP) is 2.65. The van der Waals surface area contributed by atoms with E-state index in [1.54, 1.807) is 23.2 Å². The second kappa shape index (κ2) is 4.57. The first-order valence-electron chi connectivity index (χ1n) is 4.60. The van der Waals surface area contributed by atoms with Crippen molar-refractivity contribution in [1.29, 1.82) is 0 Å². The zero-order chi connectivity index (χ0) is 11.5. The molecule has 2 rings (SSSR count). The molecule has 0 unspecified atom stereocenters. The fourth-order valence-electron chi connectivity index (χ4n) is 1.39.